The molecular weight excluding hydrogens is 518 g/mol. The highest BCUT2D eigenvalue weighted by Crippen LogP contribution is 2.23. The van der Waals surface area contributed by atoms with Crippen molar-refractivity contribution in [3.8, 4) is 5.75 Å². The summed E-state index contributed by atoms with van der Waals surface area (Å²) in [6.45, 7) is 0.711. The summed E-state index contributed by atoms with van der Waals surface area (Å²) in [4.78, 5) is 27.1. The van der Waals surface area contributed by atoms with E-state index in [0.29, 0.717) is 35.8 Å². The van der Waals surface area contributed by atoms with E-state index in [1.165, 1.54) is 0 Å². The third-order valence-electron chi connectivity index (χ3n) is 4.80. The molecule has 0 saturated heterocycles. The molecule has 0 unspecified atom stereocenters. The van der Waals surface area contributed by atoms with Crippen molar-refractivity contribution in [3.63, 3.8) is 0 Å². The highest BCUT2D eigenvalue weighted by molar-refractivity contribution is 9.10. The van der Waals surface area contributed by atoms with E-state index in [4.69, 9.17) is 21.7 Å². The second kappa shape index (κ2) is 12.3. The monoisotopic (exact) mass is 541 g/mol. The zero-order valence-electron chi connectivity index (χ0n) is 18.7. The summed E-state index contributed by atoms with van der Waals surface area (Å²) in [5, 5.41) is 5.73. The fourth-order valence-corrected chi connectivity index (χ4v) is 3.60. The predicted molar refractivity (Wildman–Crippen MR) is 141 cm³/mol. The number of hydrogen-bond donors (Lipinski definition) is 2. The maximum Gasteiger partial charge on any atom is 0.261 e. The van der Waals surface area contributed by atoms with Gasteiger partial charge in [0.1, 0.15) is 12.4 Å². The molecule has 0 aliphatic rings. The van der Waals surface area contributed by atoms with Crippen molar-refractivity contribution in [1.82, 2.24) is 5.32 Å². The standard InChI is InChI=1S/C25H24BrN3O4S/c1-29(20-6-4-3-5-7-20)24(31)17-8-11-19(12-9-17)27-25(34)28-23(30)21-16-18(26)10-13-22(21)33-15-14-32-2/h3-13,16H,14-15H2,1-2H3,(H2,27,28,30,34). The molecule has 0 aliphatic heterocycles. The number of halogens is 1. The molecule has 0 aliphatic carbocycles. The first-order valence-corrected chi connectivity index (χ1v) is 11.6. The number of thiocarbonyl (C=S) groups is 1. The third kappa shape index (κ3) is 6.86. The van der Waals surface area contributed by atoms with Crippen LogP contribution in [0.25, 0.3) is 0 Å². The minimum absolute atomic E-state index is 0.119. The Kier molecular flexibility index (Phi) is 9.15. The molecule has 0 heterocycles. The molecule has 0 saturated carbocycles. The van der Waals surface area contributed by atoms with Gasteiger partial charge in [0.05, 0.1) is 12.2 Å². The second-order valence-electron chi connectivity index (χ2n) is 7.17. The van der Waals surface area contributed by atoms with E-state index in [1.807, 2.05) is 30.3 Å². The summed E-state index contributed by atoms with van der Waals surface area (Å²) in [5.41, 5.74) is 2.30. The highest BCUT2D eigenvalue weighted by atomic mass is 79.9. The van der Waals surface area contributed by atoms with Crippen molar-refractivity contribution in [2.75, 3.05) is 37.6 Å². The van der Waals surface area contributed by atoms with Crippen LogP contribution in [-0.2, 0) is 4.74 Å². The minimum Gasteiger partial charge on any atom is -0.490 e. The first kappa shape index (κ1) is 25.4. The van der Waals surface area contributed by atoms with Crippen molar-refractivity contribution < 1.29 is 19.1 Å². The summed E-state index contributed by atoms with van der Waals surface area (Å²) in [6, 6.07) is 21.4. The van der Waals surface area contributed by atoms with Gasteiger partial charge in [-0.1, -0.05) is 34.1 Å². The molecule has 9 heteroatoms. The molecular formula is C25H24BrN3O4S. The van der Waals surface area contributed by atoms with Crippen LogP contribution in [0, 0.1) is 0 Å². The van der Waals surface area contributed by atoms with Gasteiger partial charge in [-0.3, -0.25) is 14.9 Å². The molecule has 0 spiro atoms. The van der Waals surface area contributed by atoms with Gasteiger partial charge in [0.15, 0.2) is 5.11 Å². The lowest BCUT2D eigenvalue weighted by molar-refractivity contribution is 0.0967. The lowest BCUT2D eigenvalue weighted by Gasteiger charge is -2.17. The largest absolute Gasteiger partial charge is 0.490 e. The Hall–Kier alpha value is -3.27. The first-order valence-electron chi connectivity index (χ1n) is 10.4. The molecule has 7 nitrogen and oxygen atoms in total. The molecule has 0 aromatic heterocycles. The van der Waals surface area contributed by atoms with E-state index in [9.17, 15) is 9.59 Å². The average Bonchev–Trinajstić information content (AvgIpc) is 2.85. The van der Waals surface area contributed by atoms with Gasteiger partial charge in [0.25, 0.3) is 11.8 Å². The van der Waals surface area contributed by atoms with Crippen LogP contribution in [0.1, 0.15) is 20.7 Å². The van der Waals surface area contributed by atoms with Crippen LogP contribution in [-0.4, -0.2) is 44.3 Å². The van der Waals surface area contributed by atoms with Crippen molar-refractivity contribution in [3.05, 3.63) is 88.4 Å². The van der Waals surface area contributed by atoms with Gasteiger partial charge in [-0.25, -0.2) is 0 Å². The number of amides is 2. The maximum atomic E-state index is 12.8. The van der Waals surface area contributed by atoms with Gasteiger partial charge in [0, 0.05) is 35.6 Å². The molecule has 0 atom stereocenters. The lowest BCUT2D eigenvalue weighted by Crippen LogP contribution is -2.34. The number of rotatable bonds is 8. The molecule has 0 radical (unpaired) electrons. The van der Waals surface area contributed by atoms with Gasteiger partial charge < -0.3 is 19.7 Å². The highest BCUT2D eigenvalue weighted by Gasteiger charge is 2.16. The fourth-order valence-electron chi connectivity index (χ4n) is 3.03. The number of para-hydroxylation sites is 1. The first-order chi connectivity index (χ1) is 16.4. The SMILES string of the molecule is COCCOc1ccc(Br)cc1C(=O)NC(=S)Nc1ccc(C(=O)N(C)c2ccccc2)cc1. The normalized spacial score (nSPS) is 10.3. The number of carbonyl (C=O) groups is 2. The number of ether oxygens (including phenoxy) is 2. The number of nitrogens with one attached hydrogen (secondary N) is 2. The van der Waals surface area contributed by atoms with Gasteiger partial charge in [-0.15, -0.1) is 0 Å². The van der Waals surface area contributed by atoms with Crippen LogP contribution in [0.4, 0.5) is 11.4 Å². The smallest absolute Gasteiger partial charge is 0.261 e. The Morgan fingerprint density at radius 1 is 1.00 bits per heavy atom. The van der Waals surface area contributed by atoms with Crippen molar-refractivity contribution in [2.45, 2.75) is 0 Å². The van der Waals surface area contributed by atoms with E-state index < -0.39 is 5.91 Å². The summed E-state index contributed by atoms with van der Waals surface area (Å²) in [7, 11) is 3.30. The van der Waals surface area contributed by atoms with Crippen molar-refractivity contribution in [2.24, 2.45) is 0 Å². The molecule has 2 N–H and O–H groups in total. The lowest BCUT2D eigenvalue weighted by atomic mass is 10.1. The quantitative estimate of drug-likeness (QED) is 0.312. The molecule has 0 bridgehead atoms. The van der Waals surface area contributed by atoms with Gasteiger partial charge in [0.2, 0.25) is 0 Å². The van der Waals surface area contributed by atoms with Gasteiger partial charge >= 0.3 is 0 Å². The maximum absolute atomic E-state index is 12.8. The summed E-state index contributed by atoms with van der Waals surface area (Å²) < 4.78 is 11.4. The molecule has 34 heavy (non-hydrogen) atoms. The van der Waals surface area contributed by atoms with Crippen LogP contribution >= 0.6 is 28.1 Å². The average molecular weight is 542 g/mol. The minimum atomic E-state index is -0.414. The molecule has 176 valence electrons. The fraction of sp³-hybridized carbons (Fsp3) is 0.160. The Labute approximate surface area is 212 Å². The van der Waals surface area contributed by atoms with Crippen LogP contribution in [0.15, 0.2) is 77.3 Å². The number of nitrogens with zero attached hydrogens (tertiary/aromatic N) is 1. The number of hydrogen-bond acceptors (Lipinski definition) is 5. The zero-order valence-corrected chi connectivity index (χ0v) is 21.1. The number of carbonyl (C=O) groups excluding carboxylic acids is 2. The van der Waals surface area contributed by atoms with E-state index in [1.54, 1.807) is 61.5 Å². The molecule has 0 fully saturated rings. The molecule has 3 aromatic carbocycles. The topological polar surface area (TPSA) is 79.9 Å². The van der Waals surface area contributed by atoms with E-state index >= 15 is 0 Å². The third-order valence-corrected chi connectivity index (χ3v) is 5.49. The zero-order chi connectivity index (χ0) is 24.5. The summed E-state index contributed by atoms with van der Waals surface area (Å²) in [5.74, 6) is -0.127. The summed E-state index contributed by atoms with van der Waals surface area (Å²) in [6.07, 6.45) is 0. The second-order valence-corrected chi connectivity index (χ2v) is 8.49. The Morgan fingerprint density at radius 3 is 2.38 bits per heavy atom. The van der Waals surface area contributed by atoms with Gasteiger partial charge in [-0.05, 0) is 66.8 Å². The molecule has 3 aromatic rings. The Morgan fingerprint density at radius 2 is 1.71 bits per heavy atom. The Balaban J connectivity index is 1.61. The summed E-state index contributed by atoms with van der Waals surface area (Å²) >= 11 is 8.66. The van der Waals surface area contributed by atoms with Crippen LogP contribution in [0.2, 0.25) is 0 Å². The van der Waals surface area contributed by atoms with E-state index in [-0.39, 0.29) is 11.0 Å². The Bertz CT molecular complexity index is 1160. The van der Waals surface area contributed by atoms with E-state index in [2.05, 4.69) is 26.6 Å². The van der Waals surface area contributed by atoms with Crippen LogP contribution in [0.5, 0.6) is 5.75 Å². The number of anilines is 2. The van der Waals surface area contributed by atoms with Crippen molar-refractivity contribution >= 4 is 56.4 Å². The van der Waals surface area contributed by atoms with Gasteiger partial charge in [-0.2, -0.15) is 0 Å². The van der Waals surface area contributed by atoms with Crippen LogP contribution in [0.3, 0.4) is 0 Å². The van der Waals surface area contributed by atoms with Crippen LogP contribution < -0.4 is 20.3 Å². The number of benzene rings is 3. The molecule has 3 rings (SSSR count). The van der Waals surface area contributed by atoms with Crippen molar-refractivity contribution in [1.29, 1.82) is 0 Å². The van der Waals surface area contributed by atoms with E-state index in [0.717, 1.165) is 10.2 Å². The number of methoxy groups -OCH3 is 1. The molecule has 2 amide bonds. The predicted octanol–water partition coefficient (Wildman–Crippen LogP) is 4.88.